The summed E-state index contributed by atoms with van der Waals surface area (Å²) in [4.78, 5) is 0. The molecule has 2 aromatic carbocycles. The summed E-state index contributed by atoms with van der Waals surface area (Å²) in [6.45, 7) is 2.06. The molecular weight excluding hydrogens is 215 g/mol. The molecule has 1 atom stereocenters. The minimum absolute atomic E-state index is 0.326. The largest absolute Gasteiger partial charge is 0.384 e. The van der Waals surface area contributed by atoms with E-state index in [1.165, 1.54) is 12.1 Å². The summed E-state index contributed by atoms with van der Waals surface area (Å²) in [7, 11) is 0. The average molecular weight is 230 g/mol. The van der Waals surface area contributed by atoms with Crippen molar-refractivity contribution in [2.45, 2.75) is 19.4 Å². The molecule has 2 heteroatoms. The van der Waals surface area contributed by atoms with E-state index in [0.717, 1.165) is 17.5 Å². The van der Waals surface area contributed by atoms with E-state index in [4.69, 9.17) is 0 Å². The number of hydrogen-bond donors (Lipinski definition) is 1. The van der Waals surface area contributed by atoms with Gasteiger partial charge in [0.25, 0.3) is 0 Å². The van der Waals surface area contributed by atoms with Crippen LogP contribution in [-0.2, 0) is 6.42 Å². The Labute approximate surface area is 101 Å². The Morgan fingerprint density at radius 2 is 1.71 bits per heavy atom. The van der Waals surface area contributed by atoms with Crippen LogP contribution >= 0.6 is 0 Å². The van der Waals surface area contributed by atoms with Gasteiger partial charge in [-0.25, -0.2) is 4.39 Å². The molecule has 0 saturated carbocycles. The summed E-state index contributed by atoms with van der Waals surface area (Å²) < 4.78 is 13.1. The number of rotatable bonds is 3. The van der Waals surface area contributed by atoms with Crippen LogP contribution in [0.5, 0.6) is 0 Å². The Bertz CT molecular complexity index is 508. The molecule has 0 aliphatic carbocycles. The van der Waals surface area contributed by atoms with Crippen LogP contribution in [-0.4, -0.2) is 5.11 Å². The zero-order valence-corrected chi connectivity index (χ0v) is 9.73. The Hall–Kier alpha value is -1.67. The van der Waals surface area contributed by atoms with Gasteiger partial charge in [0.15, 0.2) is 0 Å². The molecule has 88 valence electrons. The third-order valence-electron chi connectivity index (χ3n) is 2.84. The van der Waals surface area contributed by atoms with E-state index in [0.29, 0.717) is 5.56 Å². The first-order valence-electron chi connectivity index (χ1n) is 5.73. The summed E-state index contributed by atoms with van der Waals surface area (Å²) in [5.74, 6) is -0.326. The number of aliphatic hydroxyl groups excluding tert-OH is 1. The maximum Gasteiger partial charge on any atom is 0.123 e. The molecule has 0 saturated heterocycles. The lowest BCUT2D eigenvalue weighted by atomic mass is 9.99. The molecule has 1 nitrogen and oxygen atoms in total. The predicted octanol–water partition coefficient (Wildman–Crippen LogP) is 3.47. The molecule has 0 fully saturated rings. The normalized spacial score (nSPS) is 12.4. The van der Waals surface area contributed by atoms with E-state index in [2.05, 4.69) is 6.92 Å². The Morgan fingerprint density at radius 3 is 2.35 bits per heavy atom. The number of hydrogen-bond acceptors (Lipinski definition) is 1. The van der Waals surface area contributed by atoms with Gasteiger partial charge in [-0.2, -0.15) is 0 Å². The first-order valence-corrected chi connectivity index (χ1v) is 5.73. The van der Waals surface area contributed by atoms with Crippen LogP contribution in [0.1, 0.15) is 29.7 Å². The van der Waals surface area contributed by atoms with Crippen LogP contribution in [0.4, 0.5) is 4.39 Å². The summed E-state index contributed by atoms with van der Waals surface area (Å²) in [6, 6.07) is 13.8. The molecule has 0 aromatic heterocycles. The highest BCUT2D eigenvalue weighted by molar-refractivity contribution is 5.32. The molecule has 1 unspecified atom stereocenters. The molecule has 0 aliphatic rings. The molecule has 1 N–H and O–H groups in total. The van der Waals surface area contributed by atoms with Crippen molar-refractivity contribution in [3.63, 3.8) is 0 Å². The van der Waals surface area contributed by atoms with Gasteiger partial charge in [-0.05, 0) is 35.2 Å². The van der Waals surface area contributed by atoms with Crippen LogP contribution in [0.2, 0.25) is 0 Å². The fraction of sp³-hybridized carbons (Fsp3) is 0.200. The summed E-state index contributed by atoms with van der Waals surface area (Å²) >= 11 is 0. The van der Waals surface area contributed by atoms with Gasteiger partial charge in [-0.3, -0.25) is 0 Å². The van der Waals surface area contributed by atoms with Crippen molar-refractivity contribution < 1.29 is 9.50 Å². The predicted molar refractivity (Wildman–Crippen MR) is 66.3 cm³/mol. The highest BCUT2D eigenvalue weighted by Crippen LogP contribution is 2.23. The second-order valence-corrected chi connectivity index (χ2v) is 4.06. The lowest BCUT2D eigenvalue weighted by Crippen LogP contribution is -2.00. The second-order valence-electron chi connectivity index (χ2n) is 4.06. The molecule has 17 heavy (non-hydrogen) atoms. The molecule has 2 rings (SSSR count). The van der Waals surface area contributed by atoms with Crippen LogP contribution in [0, 0.1) is 5.82 Å². The maximum atomic E-state index is 13.1. The van der Waals surface area contributed by atoms with Gasteiger partial charge in [0.2, 0.25) is 0 Å². The minimum atomic E-state index is -0.766. The third kappa shape index (κ3) is 2.71. The smallest absolute Gasteiger partial charge is 0.123 e. The van der Waals surface area contributed by atoms with E-state index < -0.39 is 6.10 Å². The monoisotopic (exact) mass is 230 g/mol. The summed E-state index contributed by atoms with van der Waals surface area (Å²) in [5.41, 5.74) is 2.55. The van der Waals surface area contributed by atoms with Crippen molar-refractivity contribution in [2.24, 2.45) is 0 Å². The molecule has 0 amide bonds. The van der Waals surface area contributed by atoms with Gasteiger partial charge < -0.3 is 5.11 Å². The molecule has 0 spiro atoms. The van der Waals surface area contributed by atoms with Crippen LogP contribution < -0.4 is 0 Å². The lowest BCUT2D eigenvalue weighted by molar-refractivity contribution is 0.219. The van der Waals surface area contributed by atoms with Crippen molar-refractivity contribution in [1.82, 2.24) is 0 Å². The van der Waals surface area contributed by atoms with Gasteiger partial charge in [-0.1, -0.05) is 43.3 Å². The standard InChI is InChI=1S/C15H15FO/c1-2-11-5-3-6-12(9-11)15(17)13-7-4-8-14(16)10-13/h3-10,15,17H,2H2,1H3. The van der Waals surface area contributed by atoms with Crippen LogP contribution in [0.25, 0.3) is 0 Å². The SMILES string of the molecule is CCc1cccc(C(O)c2cccc(F)c2)c1. The first kappa shape index (κ1) is 11.8. The van der Waals surface area contributed by atoms with Crippen molar-refractivity contribution in [2.75, 3.05) is 0 Å². The van der Waals surface area contributed by atoms with E-state index in [9.17, 15) is 9.50 Å². The zero-order chi connectivity index (χ0) is 12.3. The molecule has 0 heterocycles. The number of halogens is 1. The maximum absolute atomic E-state index is 13.1. The molecular formula is C15H15FO. The fourth-order valence-electron chi connectivity index (χ4n) is 1.85. The number of benzene rings is 2. The number of aliphatic hydroxyl groups is 1. The Kier molecular flexibility index (Phi) is 3.55. The third-order valence-corrected chi connectivity index (χ3v) is 2.84. The topological polar surface area (TPSA) is 20.2 Å². The van der Waals surface area contributed by atoms with E-state index in [1.54, 1.807) is 12.1 Å². The van der Waals surface area contributed by atoms with Gasteiger partial charge in [0.05, 0.1) is 0 Å². The summed E-state index contributed by atoms with van der Waals surface area (Å²) in [6.07, 6.45) is 0.154. The quantitative estimate of drug-likeness (QED) is 0.856. The minimum Gasteiger partial charge on any atom is -0.384 e. The van der Waals surface area contributed by atoms with E-state index in [-0.39, 0.29) is 5.82 Å². The van der Waals surface area contributed by atoms with Gasteiger partial charge in [-0.15, -0.1) is 0 Å². The Balaban J connectivity index is 2.33. The molecule has 2 aromatic rings. The zero-order valence-electron chi connectivity index (χ0n) is 9.73. The van der Waals surface area contributed by atoms with E-state index >= 15 is 0 Å². The highest BCUT2D eigenvalue weighted by atomic mass is 19.1. The van der Waals surface area contributed by atoms with Crippen LogP contribution in [0.3, 0.4) is 0 Å². The lowest BCUT2D eigenvalue weighted by Gasteiger charge is -2.12. The first-order chi connectivity index (χ1) is 8.20. The van der Waals surface area contributed by atoms with E-state index in [1.807, 2.05) is 24.3 Å². The number of aryl methyl sites for hydroxylation is 1. The molecule has 0 radical (unpaired) electrons. The van der Waals surface area contributed by atoms with Gasteiger partial charge in [0.1, 0.15) is 11.9 Å². The van der Waals surface area contributed by atoms with Gasteiger partial charge >= 0.3 is 0 Å². The second kappa shape index (κ2) is 5.11. The van der Waals surface area contributed by atoms with Crippen LogP contribution in [0.15, 0.2) is 48.5 Å². The average Bonchev–Trinajstić information content (AvgIpc) is 2.38. The fourth-order valence-corrected chi connectivity index (χ4v) is 1.85. The Morgan fingerprint density at radius 1 is 1.06 bits per heavy atom. The highest BCUT2D eigenvalue weighted by Gasteiger charge is 2.11. The molecule has 0 bridgehead atoms. The van der Waals surface area contributed by atoms with Crippen molar-refractivity contribution in [3.8, 4) is 0 Å². The molecule has 0 aliphatic heterocycles. The van der Waals surface area contributed by atoms with Crippen molar-refractivity contribution >= 4 is 0 Å². The van der Waals surface area contributed by atoms with Crippen molar-refractivity contribution in [1.29, 1.82) is 0 Å². The van der Waals surface area contributed by atoms with Gasteiger partial charge in [0, 0.05) is 0 Å². The summed E-state index contributed by atoms with van der Waals surface area (Å²) in [5, 5.41) is 10.2. The van der Waals surface area contributed by atoms with Crippen molar-refractivity contribution in [3.05, 3.63) is 71.0 Å².